The number of hydrogen-bond donors (Lipinski definition) is 3. The maximum Gasteiger partial charge on any atom is 0.269 e. The molecule has 0 radical (unpaired) electrons. The van der Waals surface area contributed by atoms with Crippen LogP contribution in [0.2, 0.25) is 5.28 Å². The Morgan fingerprint density at radius 1 is 1.15 bits per heavy atom. The van der Waals surface area contributed by atoms with Crippen molar-refractivity contribution in [3.63, 3.8) is 0 Å². The second-order valence-electron chi connectivity index (χ2n) is 5.72. The molecule has 0 spiro atoms. The van der Waals surface area contributed by atoms with Crippen LogP contribution < -0.4 is 15.5 Å². The molecular weight excluding hydrogens is 362 g/mol. The number of rotatable bonds is 7. The number of nitro groups is 1. The maximum atomic E-state index is 10.7. The molecule has 0 bridgehead atoms. The topological polar surface area (TPSA) is 120 Å². The second kappa shape index (κ2) is 8.70. The molecule has 1 aliphatic rings. The molecule has 26 heavy (non-hydrogen) atoms. The van der Waals surface area contributed by atoms with Crippen LogP contribution in [0, 0.1) is 10.1 Å². The maximum absolute atomic E-state index is 10.7. The Morgan fingerprint density at radius 3 is 2.54 bits per heavy atom. The fourth-order valence-electron chi connectivity index (χ4n) is 2.54. The molecule has 0 saturated carbocycles. The van der Waals surface area contributed by atoms with E-state index in [1.807, 2.05) is 0 Å². The Bertz CT molecular complexity index is 753. The third-order valence-electron chi connectivity index (χ3n) is 3.90. The zero-order valence-corrected chi connectivity index (χ0v) is 14.7. The smallest absolute Gasteiger partial charge is 0.269 e. The largest absolute Gasteiger partial charge is 0.370 e. The van der Waals surface area contributed by atoms with Gasteiger partial charge in [0.25, 0.3) is 5.69 Å². The van der Waals surface area contributed by atoms with E-state index in [2.05, 4.69) is 25.6 Å². The van der Waals surface area contributed by atoms with Gasteiger partial charge in [0.05, 0.1) is 31.2 Å². The van der Waals surface area contributed by atoms with Crippen LogP contribution in [0.5, 0.6) is 0 Å². The van der Waals surface area contributed by atoms with Gasteiger partial charge in [-0.25, -0.2) is 0 Å². The number of nitrogens with zero attached hydrogens (tertiary/aromatic N) is 4. The Labute approximate surface area is 154 Å². The van der Waals surface area contributed by atoms with Crippen molar-refractivity contribution in [2.75, 3.05) is 50.0 Å². The van der Waals surface area contributed by atoms with E-state index >= 15 is 0 Å². The molecule has 0 unspecified atom stereocenters. The van der Waals surface area contributed by atoms with Crippen molar-refractivity contribution in [1.29, 1.82) is 0 Å². The molecule has 3 N–H and O–H groups in total. The van der Waals surface area contributed by atoms with Crippen LogP contribution in [-0.2, 0) is 4.74 Å². The molecule has 0 aliphatic carbocycles. The summed E-state index contributed by atoms with van der Waals surface area (Å²) >= 11 is 5.96. The van der Waals surface area contributed by atoms with Gasteiger partial charge in [0, 0.05) is 17.8 Å². The van der Waals surface area contributed by atoms with Crippen LogP contribution in [0.1, 0.15) is 0 Å². The number of nitrogens with one attached hydrogen (secondary N) is 3. The van der Waals surface area contributed by atoms with Crippen molar-refractivity contribution < 1.29 is 14.6 Å². The van der Waals surface area contributed by atoms with Gasteiger partial charge in [0.15, 0.2) is 0 Å². The third kappa shape index (κ3) is 5.22. The van der Waals surface area contributed by atoms with Crippen LogP contribution in [-0.4, -0.2) is 59.3 Å². The van der Waals surface area contributed by atoms with Gasteiger partial charge in [0.2, 0.25) is 17.2 Å². The van der Waals surface area contributed by atoms with E-state index in [1.54, 1.807) is 12.1 Å². The van der Waals surface area contributed by atoms with E-state index in [0.717, 1.165) is 32.8 Å². The highest BCUT2D eigenvalue weighted by Gasteiger charge is 2.13. The van der Waals surface area contributed by atoms with E-state index in [-0.39, 0.29) is 16.9 Å². The van der Waals surface area contributed by atoms with Gasteiger partial charge in [-0.15, -0.1) is 0 Å². The molecule has 10 nitrogen and oxygen atoms in total. The van der Waals surface area contributed by atoms with E-state index in [4.69, 9.17) is 16.3 Å². The van der Waals surface area contributed by atoms with Crippen LogP contribution in [0.25, 0.3) is 0 Å². The number of non-ortho nitro benzene ring substituents is 1. The van der Waals surface area contributed by atoms with Crippen LogP contribution in [0.3, 0.4) is 0 Å². The summed E-state index contributed by atoms with van der Waals surface area (Å²) in [6, 6.07) is 5.94. The van der Waals surface area contributed by atoms with Gasteiger partial charge < -0.3 is 20.3 Å². The summed E-state index contributed by atoms with van der Waals surface area (Å²) in [5.41, 5.74) is 0.624. The van der Waals surface area contributed by atoms with E-state index in [1.165, 1.54) is 17.0 Å². The zero-order chi connectivity index (χ0) is 18.4. The fraction of sp³-hybridized carbons (Fsp3) is 0.400. The highest BCUT2D eigenvalue weighted by molar-refractivity contribution is 6.28. The zero-order valence-electron chi connectivity index (χ0n) is 13.9. The van der Waals surface area contributed by atoms with Crippen molar-refractivity contribution >= 4 is 34.9 Å². The molecule has 0 atom stereocenters. The number of anilines is 3. The van der Waals surface area contributed by atoms with E-state index in [9.17, 15) is 10.1 Å². The lowest BCUT2D eigenvalue weighted by molar-refractivity contribution is -0.906. The first-order chi connectivity index (χ1) is 12.6. The van der Waals surface area contributed by atoms with Gasteiger partial charge in [-0.2, -0.15) is 15.0 Å². The summed E-state index contributed by atoms with van der Waals surface area (Å²) in [5, 5.41) is 16.9. The summed E-state index contributed by atoms with van der Waals surface area (Å²) in [7, 11) is 0. The third-order valence-corrected chi connectivity index (χ3v) is 4.07. The van der Waals surface area contributed by atoms with Gasteiger partial charge in [-0.05, 0) is 23.7 Å². The molecular formula is C15H19ClN7O3+. The lowest BCUT2D eigenvalue weighted by atomic mass is 10.3. The van der Waals surface area contributed by atoms with Gasteiger partial charge >= 0.3 is 0 Å². The molecule has 1 aliphatic heterocycles. The number of morpholine rings is 1. The average molecular weight is 381 g/mol. The van der Waals surface area contributed by atoms with Crippen molar-refractivity contribution in [2.24, 2.45) is 0 Å². The van der Waals surface area contributed by atoms with Crippen molar-refractivity contribution in [1.82, 2.24) is 15.0 Å². The minimum Gasteiger partial charge on any atom is -0.370 e. The highest BCUT2D eigenvalue weighted by atomic mass is 35.5. The van der Waals surface area contributed by atoms with Crippen molar-refractivity contribution in [3.05, 3.63) is 39.7 Å². The first-order valence-electron chi connectivity index (χ1n) is 8.18. The summed E-state index contributed by atoms with van der Waals surface area (Å²) in [5.74, 6) is 0.641. The first-order valence-corrected chi connectivity index (χ1v) is 8.56. The number of quaternary nitrogens is 1. The Balaban J connectivity index is 1.58. The normalized spacial score (nSPS) is 14.8. The average Bonchev–Trinajstić information content (AvgIpc) is 2.62. The number of nitro benzene ring substituents is 1. The van der Waals surface area contributed by atoms with E-state index < -0.39 is 4.92 Å². The Kier molecular flexibility index (Phi) is 6.10. The predicted molar refractivity (Wildman–Crippen MR) is 96.1 cm³/mol. The van der Waals surface area contributed by atoms with Crippen LogP contribution in [0.15, 0.2) is 24.3 Å². The highest BCUT2D eigenvalue weighted by Crippen LogP contribution is 2.19. The van der Waals surface area contributed by atoms with Gasteiger partial charge in [-0.3, -0.25) is 10.1 Å². The lowest BCUT2D eigenvalue weighted by Gasteiger charge is -2.23. The fourth-order valence-corrected chi connectivity index (χ4v) is 2.70. The van der Waals surface area contributed by atoms with Crippen LogP contribution in [0.4, 0.5) is 23.3 Å². The predicted octanol–water partition coefficient (Wildman–Crippen LogP) is 0.504. The summed E-state index contributed by atoms with van der Waals surface area (Å²) in [6.45, 7) is 5.19. The molecule has 1 aromatic heterocycles. The van der Waals surface area contributed by atoms with Gasteiger partial charge in [-0.1, -0.05) is 0 Å². The molecule has 2 heterocycles. The number of hydrogen-bond acceptors (Lipinski definition) is 8. The monoisotopic (exact) mass is 380 g/mol. The number of ether oxygens (including phenoxy) is 1. The van der Waals surface area contributed by atoms with Crippen molar-refractivity contribution in [2.45, 2.75) is 0 Å². The standard InChI is InChI=1S/C15H18ClN7O3/c16-13-19-14(17-5-6-22-7-9-26-10-8-22)21-15(20-13)18-11-1-3-12(4-2-11)23(24)25/h1-4H,5-10H2,(H2,17,18,19,20,21)/p+1. The molecule has 11 heteroatoms. The molecule has 1 aromatic carbocycles. The van der Waals surface area contributed by atoms with Gasteiger partial charge in [0.1, 0.15) is 13.1 Å². The Morgan fingerprint density at radius 2 is 1.85 bits per heavy atom. The number of aromatic nitrogens is 3. The SMILES string of the molecule is O=[N+]([O-])c1ccc(Nc2nc(Cl)nc(NCC[NH+]3CCOCC3)n2)cc1. The van der Waals surface area contributed by atoms with E-state index in [0.29, 0.717) is 18.2 Å². The quantitative estimate of drug-likeness (QED) is 0.469. The molecule has 1 fully saturated rings. The summed E-state index contributed by atoms with van der Waals surface area (Å²) < 4.78 is 5.34. The summed E-state index contributed by atoms with van der Waals surface area (Å²) in [4.78, 5) is 24.1. The van der Waals surface area contributed by atoms with Crippen LogP contribution >= 0.6 is 11.6 Å². The summed E-state index contributed by atoms with van der Waals surface area (Å²) in [6.07, 6.45) is 0. The molecule has 0 amide bonds. The number of benzene rings is 1. The Hall–Kier alpha value is -2.56. The molecule has 1 saturated heterocycles. The van der Waals surface area contributed by atoms with Crippen molar-refractivity contribution in [3.8, 4) is 0 Å². The minimum atomic E-state index is -0.456. The molecule has 138 valence electrons. The molecule has 2 aromatic rings. The molecule has 3 rings (SSSR count). The lowest BCUT2D eigenvalue weighted by Crippen LogP contribution is -3.14. The first kappa shape index (κ1) is 18.2. The second-order valence-corrected chi connectivity index (χ2v) is 6.06. The number of halogens is 1. The minimum absolute atomic E-state index is 0.0113.